The second-order valence-electron chi connectivity index (χ2n) is 8.04. The van der Waals surface area contributed by atoms with Crippen LogP contribution in [0.1, 0.15) is 37.0 Å². The highest BCUT2D eigenvalue weighted by molar-refractivity contribution is 6.04. The number of hydrogen-bond acceptors (Lipinski definition) is 5. The Morgan fingerprint density at radius 2 is 1.77 bits per heavy atom. The SMILES string of the molecule is COc1cn(-c2ccccc2)nc1C(=O)Nc1cc(C(C)(C)C)nn1-c1ccccn1. The maximum Gasteiger partial charge on any atom is 0.281 e. The first kappa shape index (κ1) is 20.3. The van der Waals surface area contributed by atoms with Crippen molar-refractivity contribution in [2.75, 3.05) is 12.4 Å². The zero-order valence-corrected chi connectivity index (χ0v) is 17.9. The van der Waals surface area contributed by atoms with Gasteiger partial charge >= 0.3 is 0 Å². The standard InChI is InChI=1S/C23H24N6O2/c1-23(2,3)18-14-20(29(26-18)19-12-8-9-13-24-19)25-22(30)21-17(31-4)15-28(27-21)16-10-6-5-7-11-16/h5-15H,1-4H3,(H,25,30). The van der Waals surface area contributed by atoms with Crippen molar-refractivity contribution in [1.82, 2.24) is 24.5 Å². The van der Waals surface area contributed by atoms with E-state index < -0.39 is 5.91 Å². The Kier molecular flexibility index (Phi) is 5.29. The van der Waals surface area contributed by atoms with Crippen LogP contribution in [0.4, 0.5) is 5.82 Å². The van der Waals surface area contributed by atoms with Crippen LogP contribution in [0, 0.1) is 0 Å². The zero-order chi connectivity index (χ0) is 22.0. The minimum atomic E-state index is -0.399. The third-order valence-corrected chi connectivity index (χ3v) is 4.72. The van der Waals surface area contributed by atoms with E-state index in [4.69, 9.17) is 4.74 Å². The highest BCUT2D eigenvalue weighted by atomic mass is 16.5. The third-order valence-electron chi connectivity index (χ3n) is 4.72. The number of para-hydroxylation sites is 1. The molecular weight excluding hydrogens is 392 g/mol. The quantitative estimate of drug-likeness (QED) is 0.531. The number of nitrogens with zero attached hydrogens (tertiary/aromatic N) is 5. The van der Waals surface area contributed by atoms with Crippen molar-refractivity contribution >= 4 is 11.7 Å². The molecule has 1 amide bonds. The summed E-state index contributed by atoms with van der Waals surface area (Å²) < 4.78 is 8.64. The maximum absolute atomic E-state index is 13.2. The first-order valence-electron chi connectivity index (χ1n) is 9.89. The molecule has 0 saturated heterocycles. The van der Waals surface area contributed by atoms with Crippen molar-refractivity contribution in [2.24, 2.45) is 0 Å². The van der Waals surface area contributed by atoms with Gasteiger partial charge in [0.2, 0.25) is 0 Å². The van der Waals surface area contributed by atoms with Crippen LogP contribution < -0.4 is 10.1 Å². The van der Waals surface area contributed by atoms with Gasteiger partial charge < -0.3 is 10.1 Å². The summed E-state index contributed by atoms with van der Waals surface area (Å²) in [5.74, 6) is 1.09. The van der Waals surface area contributed by atoms with Gasteiger partial charge in [0.1, 0.15) is 5.82 Å². The monoisotopic (exact) mass is 416 g/mol. The highest BCUT2D eigenvalue weighted by Crippen LogP contribution is 2.27. The fraction of sp³-hybridized carbons (Fsp3) is 0.217. The molecule has 0 unspecified atom stereocenters. The molecule has 0 fully saturated rings. The predicted octanol–water partition coefficient (Wildman–Crippen LogP) is 4.01. The normalized spacial score (nSPS) is 11.4. The molecule has 3 aromatic heterocycles. The second kappa shape index (κ2) is 8.06. The average molecular weight is 416 g/mol. The molecule has 0 aliphatic carbocycles. The summed E-state index contributed by atoms with van der Waals surface area (Å²) in [5, 5.41) is 12.0. The molecule has 4 aromatic rings. The lowest BCUT2D eigenvalue weighted by atomic mass is 9.92. The number of carbonyl (C=O) groups excluding carboxylic acids is 1. The molecule has 0 bridgehead atoms. The van der Waals surface area contributed by atoms with Crippen LogP contribution in [-0.2, 0) is 5.41 Å². The second-order valence-corrected chi connectivity index (χ2v) is 8.04. The van der Waals surface area contributed by atoms with Crippen LogP contribution in [0.25, 0.3) is 11.5 Å². The number of ether oxygens (including phenoxy) is 1. The van der Waals surface area contributed by atoms with Crippen LogP contribution >= 0.6 is 0 Å². The fourth-order valence-electron chi connectivity index (χ4n) is 3.04. The maximum atomic E-state index is 13.2. The van der Waals surface area contributed by atoms with Crippen LogP contribution in [0.3, 0.4) is 0 Å². The van der Waals surface area contributed by atoms with Gasteiger partial charge in [-0.05, 0) is 24.3 Å². The molecule has 3 heterocycles. The summed E-state index contributed by atoms with van der Waals surface area (Å²) in [4.78, 5) is 17.5. The number of anilines is 1. The molecule has 0 atom stereocenters. The summed E-state index contributed by atoms with van der Waals surface area (Å²) >= 11 is 0. The summed E-state index contributed by atoms with van der Waals surface area (Å²) in [7, 11) is 1.51. The lowest BCUT2D eigenvalue weighted by Crippen LogP contribution is -2.17. The largest absolute Gasteiger partial charge is 0.493 e. The smallest absolute Gasteiger partial charge is 0.281 e. The van der Waals surface area contributed by atoms with E-state index in [2.05, 4.69) is 41.3 Å². The summed E-state index contributed by atoms with van der Waals surface area (Å²) in [5.41, 5.74) is 1.63. The Morgan fingerprint density at radius 3 is 2.42 bits per heavy atom. The summed E-state index contributed by atoms with van der Waals surface area (Å²) in [6.45, 7) is 6.19. The van der Waals surface area contributed by atoms with E-state index in [0.717, 1.165) is 11.4 Å². The van der Waals surface area contributed by atoms with Crippen LogP contribution in [0.5, 0.6) is 5.75 Å². The first-order valence-corrected chi connectivity index (χ1v) is 9.89. The molecular formula is C23H24N6O2. The van der Waals surface area contributed by atoms with Crippen LogP contribution in [-0.4, -0.2) is 37.6 Å². The van der Waals surface area contributed by atoms with E-state index in [9.17, 15) is 4.79 Å². The van der Waals surface area contributed by atoms with Crippen molar-refractivity contribution in [1.29, 1.82) is 0 Å². The minimum Gasteiger partial charge on any atom is -0.493 e. The molecule has 8 heteroatoms. The lowest BCUT2D eigenvalue weighted by Gasteiger charge is -2.13. The Bertz CT molecular complexity index is 1190. The number of aromatic nitrogens is 5. The van der Waals surface area contributed by atoms with Crippen molar-refractivity contribution in [2.45, 2.75) is 26.2 Å². The Morgan fingerprint density at radius 1 is 1.03 bits per heavy atom. The van der Waals surface area contributed by atoms with Gasteiger partial charge in [-0.2, -0.15) is 14.9 Å². The van der Waals surface area contributed by atoms with E-state index in [1.165, 1.54) is 7.11 Å². The molecule has 0 spiro atoms. The molecule has 8 nitrogen and oxygen atoms in total. The van der Waals surface area contributed by atoms with Crippen LogP contribution in [0.15, 0.2) is 67.0 Å². The molecule has 0 aliphatic heterocycles. The topological polar surface area (TPSA) is 86.9 Å². The van der Waals surface area contributed by atoms with E-state index in [1.807, 2.05) is 54.6 Å². The van der Waals surface area contributed by atoms with Gasteiger partial charge in [-0.3, -0.25) is 4.79 Å². The van der Waals surface area contributed by atoms with E-state index in [1.54, 1.807) is 21.8 Å². The Balaban J connectivity index is 1.71. The van der Waals surface area contributed by atoms with Crippen molar-refractivity contribution < 1.29 is 9.53 Å². The van der Waals surface area contributed by atoms with Gasteiger partial charge in [0.15, 0.2) is 17.3 Å². The van der Waals surface area contributed by atoms with Gasteiger partial charge in [0.05, 0.1) is 24.7 Å². The average Bonchev–Trinajstić information content (AvgIpc) is 3.39. The minimum absolute atomic E-state index is 0.178. The van der Waals surface area contributed by atoms with Gasteiger partial charge in [0.25, 0.3) is 5.91 Å². The molecule has 4 rings (SSSR count). The number of methoxy groups -OCH3 is 1. The molecule has 1 aromatic carbocycles. The Hall–Kier alpha value is -3.94. The molecule has 0 radical (unpaired) electrons. The predicted molar refractivity (Wildman–Crippen MR) is 118 cm³/mol. The van der Waals surface area contributed by atoms with E-state index >= 15 is 0 Å². The number of benzene rings is 1. The zero-order valence-electron chi connectivity index (χ0n) is 17.9. The Labute approximate surface area is 180 Å². The van der Waals surface area contributed by atoms with Crippen molar-refractivity contribution in [3.63, 3.8) is 0 Å². The van der Waals surface area contributed by atoms with Crippen molar-refractivity contribution in [3.05, 3.63) is 78.4 Å². The number of hydrogen-bond donors (Lipinski definition) is 1. The van der Waals surface area contributed by atoms with E-state index in [0.29, 0.717) is 17.4 Å². The summed E-state index contributed by atoms with van der Waals surface area (Å²) in [6.07, 6.45) is 3.37. The number of rotatable bonds is 5. The molecule has 1 N–H and O–H groups in total. The first-order chi connectivity index (χ1) is 14.9. The molecule has 158 valence electrons. The molecule has 31 heavy (non-hydrogen) atoms. The van der Waals surface area contributed by atoms with Gasteiger partial charge in [-0.25, -0.2) is 9.67 Å². The number of amides is 1. The number of carbonyl (C=O) groups is 1. The summed E-state index contributed by atoms with van der Waals surface area (Å²) in [6, 6.07) is 16.9. The number of nitrogens with one attached hydrogen (secondary N) is 1. The highest BCUT2D eigenvalue weighted by Gasteiger charge is 2.24. The van der Waals surface area contributed by atoms with Crippen molar-refractivity contribution in [3.8, 4) is 17.3 Å². The fourth-order valence-corrected chi connectivity index (χ4v) is 3.04. The van der Waals surface area contributed by atoms with Crippen LogP contribution in [0.2, 0.25) is 0 Å². The lowest BCUT2D eigenvalue weighted by molar-refractivity contribution is 0.101. The molecule has 0 aliphatic rings. The molecule has 0 saturated carbocycles. The van der Waals surface area contributed by atoms with Gasteiger partial charge in [-0.15, -0.1) is 0 Å². The third kappa shape index (κ3) is 4.18. The number of pyridine rings is 1. The van der Waals surface area contributed by atoms with Gasteiger partial charge in [0, 0.05) is 17.7 Å². The van der Waals surface area contributed by atoms with Gasteiger partial charge in [-0.1, -0.05) is 45.0 Å². The van der Waals surface area contributed by atoms with E-state index in [-0.39, 0.29) is 11.1 Å².